The van der Waals surface area contributed by atoms with Crippen molar-refractivity contribution in [3.8, 4) is 0 Å². The first-order valence-electron chi connectivity index (χ1n) is 24.6. The summed E-state index contributed by atoms with van der Waals surface area (Å²) in [4.78, 5) is 96.5. The molecular formula is C50H78N4O18S7. The van der Waals surface area contributed by atoms with Gasteiger partial charge in [0.1, 0.15) is 11.6 Å². The van der Waals surface area contributed by atoms with Gasteiger partial charge >= 0.3 is 0 Å². The van der Waals surface area contributed by atoms with E-state index in [9.17, 15) is 73.8 Å². The number of aliphatic hydroxyl groups is 2. The average Bonchev–Trinajstić information content (AvgIpc) is 3.34. The summed E-state index contributed by atoms with van der Waals surface area (Å²) >= 11 is 0. The van der Waals surface area contributed by atoms with Crippen LogP contribution in [0.2, 0.25) is 0 Å². The Kier molecular flexibility index (Phi) is 36.1. The van der Waals surface area contributed by atoms with Crippen LogP contribution in [0.3, 0.4) is 0 Å². The van der Waals surface area contributed by atoms with Gasteiger partial charge in [0.2, 0.25) is 23.6 Å². The van der Waals surface area contributed by atoms with Crippen LogP contribution in [0.25, 0.3) is 0 Å². The number of rotatable bonds is 36. The molecule has 6 N–H and O–H groups in total. The molecule has 0 atom stereocenters. The number of carbonyl (C=O) groups is 8. The summed E-state index contributed by atoms with van der Waals surface area (Å²) in [6.45, 7) is 9.27. The third kappa shape index (κ3) is 41.7. The number of hydrogen-bond donors (Lipinski definition) is 6. The zero-order valence-corrected chi connectivity index (χ0v) is 52.2. The number of benzene rings is 2. The van der Waals surface area contributed by atoms with Crippen molar-refractivity contribution in [3.05, 3.63) is 58.7 Å². The zero-order chi connectivity index (χ0) is 60.6. The molecule has 0 saturated heterocycles. The lowest BCUT2D eigenvalue weighted by Crippen LogP contribution is -2.30. The maximum atomic E-state index is 12.3. The van der Waals surface area contributed by atoms with Gasteiger partial charge in [0, 0.05) is 85.1 Å². The summed E-state index contributed by atoms with van der Waals surface area (Å²) < 4.78 is 71.1. The van der Waals surface area contributed by atoms with E-state index < -0.39 is 30.4 Å². The molecule has 0 aliphatic heterocycles. The van der Waals surface area contributed by atoms with Gasteiger partial charge in [-0.3, -0.25) is 42.5 Å². The number of ketones is 4. The van der Waals surface area contributed by atoms with E-state index >= 15 is 0 Å². The first kappa shape index (κ1) is 75.1. The molecule has 0 spiro atoms. The summed E-state index contributed by atoms with van der Waals surface area (Å²) in [5, 5.41) is 28.9. The number of amides is 4. The Morgan fingerprint density at radius 3 is 1.15 bits per heavy atom. The van der Waals surface area contributed by atoms with Gasteiger partial charge in [-0.05, 0) is 106 Å². The van der Waals surface area contributed by atoms with Crippen LogP contribution < -0.4 is 21.3 Å². The lowest BCUT2D eigenvalue weighted by Gasteiger charge is -2.21. The molecule has 0 aliphatic rings. The smallest absolute Gasteiger partial charge is 0.278 e. The van der Waals surface area contributed by atoms with E-state index in [1.807, 2.05) is 19.4 Å². The van der Waals surface area contributed by atoms with Gasteiger partial charge in [-0.2, -0.15) is 25.3 Å². The highest BCUT2D eigenvalue weighted by Crippen LogP contribution is 2.38. The summed E-state index contributed by atoms with van der Waals surface area (Å²) in [7, 11) is -4.58. The molecule has 79 heavy (non-hydrogen) atoms. The summed E-state index contributed by atoms with van der Waals surface area (Å²) in [6.07, 6.45) is 9.39. The minimum absolute atomic E-state index is 0.00119. The second-order valence-electron chi connectivity index (χ2n) is 19.0. The molecule has 2 aromatic rings. The van der Waals surface area contributed by atoms with E-state index in [1.54, 1.807) is 79.6 Å². The number of carbonyl (C=O) groups excluding carboxylic acids is 8. The Balaban J connectivity index is 0.00000134. The van der Waals surface area contributed by atoms with Gasteiger partial charge in [0.15, 0.2) is 11.6 Å². The fourth-order valence-corrected chi connectivity index (χ4v) is 13.0. The predicted molar refractivity (Wildman–Crippen MR) is 314 cm³/mol. The molecule has 0 aliphatic carbocycles. The number of aliphatic hydroxyl groups excluding tert-OH is 2. The highest BCUT2D eigenvalue weighted by molar-refractivity contribution is 8.77. The van der Waals surface area contributed by atoms with Gasteiger partial charge in [-0.15, -0.1) is 3.63 Å². The molecule has 2 aromatic carbocycles. The monoisotopic (exact) mass is 1250 g/mol. The van der Waals surface area contributed by atoms with E-state index in [4.69, 9.17) is 4.18 Å². The molecule has 29 heteroatoms. The Morgan fingerprint density at radius 2 is 0.823 bits per heavy atom. The van der Waals surface area contributed by atoms with Gasteiger partial charge in [0.05, 0.1) is 51.7 Å². The van der Waals surface area contributed by atoms with Crippen LogP contribution in [0.15, 0.2) is 36.4 Å². The number of aryl methyl sites for hydroxylation is 1. The van der Waals surface area contributed by atoms with Gasteiger partial charge in [-0.25, -0.2) is 0 Å². The van der Waals surface area contributed by atoms with Crippen molar-refractivity contribution >= 4 is 132 Å². The Morgan fingerprint density at radius 1 is 0.481 bits per heavy atom. The molecule has 0 fully saturated rings. The van der Waals surface area contributed by atoms with Crippen molar-refractivity contribution in [1.29, 1.82) is 0 Å². The van der Waals surface area contributed by atoms with Crippen molar-refractivity contribution in [2.24, 2.45) is 0 Å². The standard InChI is InChI=1S/C25H38N2O7S3.C23H34N2O6S2.C2H6O5S2/c1-6-18-13-19(17-34-37(5,32)33)15-20(14-18)27-24(31)10-8-22(29)16-26-23(30)9-7-21(28)11-12-25(2,3)36-35-4;1-23(2,33-32-3)9-8-19(28)4-6-21(30)24-13-20(29)5-7-22(31)25-18-11-16(14-26)10-17(12-18)15-27;1-8(3,4)7-9(2,5)6/h13-15H,6-12,16-17H2,1-5H3,(H,26,30)(H,27,31);10-12,26-27H,4-9,13-15H2,1-3H3,(H,24,30)(H,25,31);1-2H3. The van der Waals surface area contributed by atoms with Gasteiger partial charge in [0.25, 0.3) is 30.4 Å². The molecule has 0 saturated carbocycles. The fourth-order valence-electron chi connectivity index (χ4n) is 6.41. The number of Topliss-reactive ketones (excluding diaryl/α,β-unsaturated/α-hetero) is 4. The predicted octanol–water partition coefficient (Wildman–Crippen LogP) is 5.97. The van der Waals surface area contributed by atoms with Crippen molar-refractivity contribution in [3.63, 3.8) is 0 Å². The Labute approximate surface area is 481 Å². The van der Waals surface area contributed by atoms with Crippen LogP contribution in [-0.2, 0) is 103 Å². The SMILES string of the molecule is CCc1cc(COS(C)(=O)=O)cc(NC(=O)CCC(=O)CNC(=O)CCC(=O)CCC(C)(C)SSC)c1.CS(=O)(=O)OS(C)(=O)=O.CSSC(C)(C)CCC(=O)CCC(=O)NCC(=O)CCC(=O)Nc1cc(CO)cc(CO)c1. The molecule has 448 valence electrons. The largest absolute Gasteiger partial charge is 0.392 e. The lowest BCUT2D eigenvalue weighted by atomic mass is 10.0. The summed E-state index contributed by atoms with van der Waals surface area (Å²) in [5.74, 6) is -2.04. The quantitative estimate of drug-likeness (QED) is 0.0338. The van der Waals surface area contributed by atoms with E-state index in [0.29, 0.717) is 59.8 Å². The average molecular weight is 1250 g/mol. The number of hydrogen-bond acceptors (Lipinski definition) is 22. The second kappa shape index (κ2) is 38.0. The van der Waals surface area contributed by atoms with Crippen LogP contribution in [0.5, 0.6) is 0 Å². The first-order chi connectivity index (χ1) is 36.5. The highest BCUT2D eigenvalue weighted by atomic mass is 33.1. The fraction of sp³-hybridized carbons (Fsp3) is 0.600. The molecule has 0 bridgehead atoms. The molecular weight excluding hydrogens is 1170 g/mol. The van der Waals surface area contributed by atoms with E-state index in [0.717, 1.165) is 24.7 Å². The minimum atomic E-state index is -3.87. The zero-order valence-electron chi connectivity index (χ0n) is 46.5. The van der Waals surface area contributed by atoms with Crippen LogP contribution in [-0.4, -0.2) is 136 Å². The third-order valence-electron chi connectivity index (χ3n) is 10.3. The van der Waals surface area contributed by atoms with E-state index in [-0.39, 0.29) is 141 Å². The minimum Gasteiger partial charge on any atom is -0.392 e. The van der Waals surface area contributed by atoms with Crippen LogP contribution in [0.4, 0.5) is 11.4 Å². The normalized spacial score (nSPS) is 11.7. The van der Waals surface area contributed by atoms with Crippen molar-refractivity contribution in [1.82, 2.24) is 10.6 Å². The molecule has 22 nitrogen and oxygen atoms in total. The second-order valence-corrected chi connectivity index (χ2v) is 30.2. The van der Waals surface area contributed by atoms with E-state index in [2.05, 4.69) is 52.6 Å². The molecule has 2 rings (SSSR count). The Hall–Kier alpha value is -3.91. The van der Waals surface area contributed by atoms with Crippen molar-refractivity contribution in [2.45, 2.75) is 147 Å². The summed E-state index contributed by atoms with van der Waals surface area (Å²) in [6, 6.07) is 9.99. The highest BCUT2D eigenvalue weighted by Gasteiger charge is 2.22. The molecule has 0 aromatic heterocycles. The Bertz CT molecular complexity index is 2650. The summed E-state index contributed by atoms with van der Waals surface area (Å²) in [5.41, 5.74) is 3.51. The molecule has 0 heterocycles. The van der Waals surface area contributed by atoms with Gasteiger partial charge in [-0.1, -0.05) is 62.2 Å². The van der Waals surface area contributed by atoms with Gasteiger partial charge < -0.3 is 31.5 Å². The molecule has 0 unspecified atom stereocenters. The lowest BCUT2D eigenvalue weighted by molar-refractivity contribution is -0.127. The maximum Gasteiger partial charge on any atom is 0.278 e. The van der Waals surface area contributed by atoms with Crippen LogP contribution >= 0.6 is 43.2 Å². The van der Waals surface area contributed by atoms with Crippen LogP contribution in [0.1, 0.15) is 134 Å². The first-order valence-corrected chi connectivity index (χ1v) is 35.1. The number of anilines is 2. The van der Waals surface area contributed by atoms with Crippen molar-refractivity contribution < 1.29 is 81.6 Å². The molecule has 4 amide bonds. The third-order valence-corrected chi connectivity index (χ3v) is 18.1. The number of nitrogens with one attached hydrogen (secondary N) is 4. The van der Waals surface area contributed by atoms with Crippen molar-refractivity contribution in [2.75, 3.05) is 55.0 Å². The van der Waals surface area contributed by atoms with E-state index in [1.165, 1.54) is 0 Å². The topological polar surface area (TPSA) is 346 Å². The van der Waals surface area contributed by atoms with Crippen LogP contribution in [0, 0.1) is 0 Å². The molecule has 0 radical (unpaired) electrons. The maximum absolute atomic E-state index is 12.3.